The Morgan fingerprint density at radius 3 is 2.60 bits per heavy atom. The Labute approximate surface area is 88.7 Å². The Morgan fingerprint density at radius 1 is 1.40 bits per heavy atom. The van der Waals surface area contributed by atoms with Crippen LogP contribution in [-0.2, 0) is 0 Å². The van der Waals surface area contributed by atoms with Crippen LogP contribution in [0.25, 0.3) is 0 Å². The summed E-state index contributed by atoms with van der Waals surface area (Å²) < 4.78 is 26.6. The fourth-order valence-corrected chi connectivity index (χ4v) is 1.89. The molecule has 1 rings (SSSR count). The predicted octanol–water partition coefficient (Wildman–Crippen LogP) is 0.707. The molecule has 2 N–H and O–H groups in total. The molecule has 0 bridgehead atoms. The van der Waals surface area contributed by atoms with E-state index in [-0.39, 0.29) is 13.1 Å². The van der Waals surface area contributed by atoms with Gasteiger partial charge in [0.05, 0.1) is 12.5 Å². The van der Waals surface area contributed by atoms with E-state index in [2.05, 4.69) is 0 Å². The molecule has 2 atom stereocenters. The van der Waals surface area contributed by atoms with Crippen molar-refractivity contribution in [1.29, 1.82) is 0 Å². The first-order valence-electron chi connectivity index (χ1n) is 5.41. The van der Waals surface area contributed by atoms with Gasteiger partial charge in [0.25, 0.3) is 5.92 Å². The van der Waals surface area contributed by atoms with Crippen molar-refractivity contribution in [3.8, 4) is 0 Å². The molecule has 0 saturated carbocycles. The summed E-state index contributed by atoms with van der Waals surface area (Å²) in [5, 5.41) is 18.2. The molecule has 90 valence electrons. The minimum Gasteiger partial charge on any atom is -0.396 e. The first-order valence-corrected chi connectivity index (χ1v) is 5.41. The second kappa shape index (κ2) is 5.18. The summed E-state index contributed by atoms with van der Waals surface area (Å²) >= 11 is 0. The largest absolute Gasteiger partial charge is 0.396 e. The molecule has 1 fully saturated rings. The van der Waals surface area contributed by atoms with E-state index in [9.17, 15) is 13.9 Å². The minimum absolute atomic E-state index is 0.00347. The normalized spacial score (nSPS) is 31.8. The number of hydrogen-bond donors (Lipinski definition) is 2. The molecule has 0 aromatic carbocycles. The summed E-state index contributed by atoms with van der Waals surface area (Å²) in [4.78, 5) is 1.80. The van der Waals surface area contributed by atoms with Gasteiger partial charge in [0.1, 0.15) is 6.10 Å². The third-order valence-corrected chi connectivity index (χ3v) is 2.95. The van der Waals surface area contributed by atoms with Crippen molar-refractivity contribution in [2.24, 2.45) is 5.92 Å². The standard InChI is InChI=1S/C10H19F2NO2/c1-2-3-4-13-5-8(7-14)10(11,12)9(15)6-13/h8-9,14-15H,2-7H2,1H3/t8-,9-/m0/s1. The van der Waals surface area contributed by atoms with Crippen molar-refractivity contribution in [2.45, 2.75) is 31.8 Å². The molecule has 1 heterocycles. The topological polar surface area (TPSA) is 43.7 Å². The van der Waals surface area contributed by atoms with Crippen molar-refractivity contribution in [1.82, 2.24) is 4.90 Å². The van der Waals surface area contributed by atoms with Gasteiger partial charge in [-0.25, -0.2) is 8.78 Å². The Balaban J connectivity index is 2.56. The molecule has 0 radical (unpaired) electrons. The van der Waals surface area contributed by atoms with E-state index in [0.29, 0.717) is 6.54 Å². The quantitative estimate of drug-likeness (QED) is 0.737. The number of aliphatic hydroxyl groups excluding tert-OH is 2. The molecule has 0 unspecified atom stereocenters. The van der Waals surface area contributed by atoms with Crippen molar-refractivity contribution in [3.05, 3.63) is 0 Å². The number of likely N-dealkylation sites (tertiary alicyclic amines) is 1. The van der Waals surface area contributed by atoms with Gasteiger partial charge in [-0.15, -0.1) is 0 Å². The van der Waals surface area contributed by atoms with E-state index in [1.807, 2.05) is 6.92 Å². The predicted molar refractivity (Wildman–Crippen MR) is 52.9 cm³/mol. The van der Waals surface area contributed by atoms with Crippen LogP contribution in [0.1, 0.15) is 19.8 Å². The molecular formula is C10H19F2NO2. The average Bonchev–Trinajstić information content (AvgIpc) is 2.19. The monoisotopic (exact) mass is 223 g/mol. The summed E-state index contributed by atoms with van der Waals surface area (Å²) in [6.07, 6.45) is 0.267. The first kappa shape index (κ1) is 12.8. The lowest BCUT2D eigenvalue weighted by Gasteiger charge is -2.40. The van der Waals surface area contributed by atoms with Gasteiger partial charge in [0, 0.05) is 13.1 Å². The Morgan fingerprint density at radius 2 is 2.07 bits per heavy atom. The van der Waals surface area contributed by atoms with E-state index in [0.717, 1.165) is 12.8 Å². The molecule has 0 spiro atoms. The van der Waals surface area contributed by atoms with Crippen molar-refractivity contribution >= 4 is 0 Å². The van der Waals surface area contributed by atoms with Crippen LogP contribution in [0, 0.1) is 5.92 Å². The fourth-order valence-electron chi connectivity index (χ4n) is 1.89. The van der Waals surface area contributed by atoms with E-state index in [4.69, 9.17) is 5.11 Å². The number of alkyl halides is 2. The molecule has 5 heteroatoms. The van der Waals surface area contributed by atoms with Crippen LogP contribution < -0.4 is 0 Å². The third kappa shape index (κ3) is 2.86. The zero-order valence-electron chi connectivity index (χ0n) is 8.99. The van der Waals surface area contributed by atoms with Crippen LogP contribution in [0.4, 0.5) is 8.78 Å². The van der Waals surface area contributed by atoms with E-state index >= 15 is 0 Å². The zero-order valence-corrected chi connectivity index (χ0v) is 8.99. The molecule has 1 aliphatic heterocycles. The number of halogens is 2. The maximum atomic E-state index is 13.3. The number of nitrogens with zero attached hydrogens (tertiary/aromatic N) is 1. The van der Waals surface area contributed by atoms with Gasteiger partial charge in [0.2, 0.25) is 0 Å². The number of aliphatic hydroxyl groups is 2. The highest BCUT2D eigenvalue weighted by molar-refractivity contribution is 4.92. The van der Waals surface area contributed by atoms with Crippen molar-refractivity contribution < 1.29 is 19.0 Å². The Kier molecular flexibility index (Phi) is 4.43. The summed E-state index contributed by atoms with van der Waals surface area (Å²) in [6.45, 7) is 2.33. The summed E-state index contributed by atoms with van der Waals surface area (Å²) in [5.74, 6) is -4.30. The molecule has 0 amide bonds. The molecular weight excluding hydrogens is 204 g/mol. The number of piperidine rings is 1. The molecule has 0 aliphatic carbocycles. The van der Waals surface area contributed by atoms with Crippen LogP contribution in [-0.4, -0.2) is 53.4 Å². The SMILES string of the molecule is CCCCN1C[C@@H](CO)C(F)(F)[C@@H](O)C1. The Bertz CT molecular complexity index is 202. The highest BCUT2D eigenvalue weighted by Crippen LogP contribution is 2.33. The highest BCUT2D eigenvalue weighted by atomic mass is 19.3. The summed E-state index contributed by atoms with van der Waals surface area (Å²) in [5.41, 5.74) is 0. The summed E-state index contributed by atoms with van der Waals surface area (Å²) in [6, 6.07) is 0. The van der Waals surface area contributed by atoms with Crippen molar-refractivity contribution in [3.63, 3.8) is 0 Å². The van der Waals surface area contributed by atoms with E-state index in [1.54, 1.807) is 4.90 Å². The first-order chi connectivity index (χ1) is 7.02. The van der Waals surface area contributed by atoms with Gasteiger partial charge >= 0.3 is 0 Å². The van der Waals surface area contributed by atoms with Crippen LogP contribution in [0.2, 0.25) is 0 Å². The second-order valence-electron chi connectivity index (χ2n) is 4.18. The van der Waals surface area contributed by atoms with Crippen LogP contribution in [0.15, 0.2) is 0 Å². The van der Waals surface area contributed by atoms with Crippen LogP contribution in [0.3, 0.4) is 0 Å². The van der Waals surface area contributed by atoms with Crippen LogP contribution >= 0.6 is 0 Å². The highest BCUT2D eigenvalue weighted by Gasteiger charge is 2.50. The number of β-amino-alcohol motifs (C(OH)–C–C–N with tert-alkyl or cyclic N) is 1. The number of hydrogen-bond acceptors (Lipinski definition) is 3. The van der Waals surface area contributed by atoms with Gasteiger partial charge in [-0.1, -0.05) is 13.3 Å². The van der Waals surface area contributed by atoms with Gasteiger partial charge < -0.3 is 10.2 Å². The molecule has 3 nitrogen and oxygen atoms in total. The second-order valence-corrected chi connectivity index (χ2v) is 4.18. The number of unbranched alkanes of at least 4 members (excludes halogenated alkanes) is 1. The lowest BCUT2D eigenvalue weighted by Crippen LogP contribution is -2.57. The van der Waals surface area contributed by atoms with E-state index in [1.165, 1.54) is 0 Å². The average molecular weight is 223 g/mol. The van der Waals surface area contributed by atoms with Crippen molar-refractivity contribution in [2.75, 3.05) is 26.2 Å². The molecule has 1 aliphatic rings. The maximum Gasteiger partial charge on any atom is 0.280 e. The lowest BCUT2D eigenvalue weighted by molar-refractivity contribution is -0.192. The maximum absolute atomic E-state index is 13.3. The van der Waals surface area contributed by atoms with Gasteiger partial charge in [0.15, 0.2) is 0 Å². The smallest absolute Gasteiger partial charge is 0.280 e. The number of rotatable bonds is 4. The molecule has 0 aromatic rings. The third-order valence-electron chi connectivity index (χ3n) is 2.95. The van der Waals surface area contributed by atoms with Gasteiger partial charge in [-0.2, -0.15) is 0 Å². The zero-order chi connectivity index (χ0) is 11.5. The van der Waals surface area contributed by atoms with Gasteiger partial charge in [-0.3, -0.25) is 4.90 Å². The summed E-state index contributed by atoms with van der Waals surface area (Å²) in [7, 11) is 0. The fraction of sp³-hybridized carbons (Fsp3) is 1.00. The molecule has 15 heavy (non-hydrogen) atoms. The molecule has 1 saturated heterocycles. The minimum atomic E-state index is -3.16. The van der Waals surface area contributed by atoms with Crippen LogP contribution in [0.5, 0.6) is 0 Å². The van der Waals surface area contributed by atoms with Gasteiger partial charge in [-0.05, 0) is 13.0 Å². The molecule has 0 aromatic heterocycles. The lowest BCUT2D eigenvalue weighted by atomic mass is 9.92. The van der Waals surface area contributed by atoms with E-state index < -0.39 is 24.6 Å². The Hall–Kier alpha value is -0.260.